The SMILES string of the molecule is Cc1cc2c(cc1N1B3c4c(cc5c(c4-c4c1ccc1c4C(C)(C)c4ccccc4-1)C(C)(C)c1ccccc1-5)-n1c4ccc(C(C)(C)C)cc4c4cc(C(C)(C)C)cc3c41)C(C)(C)CCC2(C)C. The van der Waals surface area contributed by atoms with E-state index in [-0.39, 0.29) is 39.3 Å². The molecule has 0 atom stereocenters. The Morgan fingerprint density at radius 3 is 1.69 bits per heavy atom. The minimum Gasteiger partial charge on any atom is -0.376 e. The number of hydrogen-bond donors (Lipinski definition) is 0. The van der Waals surface area contributed by atoms with Gasteiger partial charge < -0.3 is 9.38 Å². The Balaban J connectivity index is 1.27. The smallest absolute Gasteiger partial charge is 0.333 e. The lowest BCUT2D eigenvalue weighted by Crippen LogP contribution is -2.61. The van der Waals surface area contributed by atoms with Crippen LogP contribution in [0.4, 0.5) is 11.4 Å². The van der Waals surface area contributed by atoms with Crippen LogP contribution in [0.15, 0.2) is 109 Å². The van der Waals surface area contributed by atoms with Crippen molar-refractivity contribution in [2.24, 2.45) is 0 Å². The molecule has 68 heavy (non-hydrogen) atoms. The van der Waals surface area contributed by atoms with Gasteiger partial charge in [-0.05, 0) is 167 Å². The molecule has 0 N–H and O–H groups in total. The molecule has 3 heterocycles. The fourth-order valence-corrected chi connectivity index (χ4v) is 14.3. The van der Waals surface area contributed by atoms with Gasteiger partial charge in [0.25, 0.3) is 0 Å². The van der Waals surface area contributed by atoms with Crippen LogP contribution in [-0.2, 0) is 32.5 Å². The molecule has 13 rings (SSSR count). The van der Waals surface area contributed by atoms with E-state index >= 15 is 0 Å². The summed E-state index contributed by atoms with van der Waals surface area (Å²) < 4.78 is 2.72. The van der Waals surface area contributed by atoms with Crippen LogP contribution >= 0.6 is 0 Å². The fourth-order valence-electron chi connectivity index (χ4n) is 14.3. The van der Waals surface area contributed by atoms with Crippen molar-refractivity contribution in [3.63, 3.8) is 0 Å². The first-order valence-electron chi connectivity index (χ1n) is 25.6. The highest BCUT2D eigenvalue weighted by molar-refractivity contribution is 6.93. The summed E-state index contributed by atoms with van der Waals surface area (Å²) in [6, 6.07) is 44.1. The number of anilines is 2. The Bertz CT molecular complexity index is 3610. The molecule has 1 aromatic heterocycles. The van der Waals surface area contributed by atoms with Gasteiger partial charge in [0.05, 0.1) is 11.0 Å². The van der Waals surface area contributed by atoms with Gasteiger partial charge in [0.1, 0.15) is 0 Å². The zero-order valence-electron chi connectivity index (χ0n) is 43.3. The first-order chi connectivity index (χ1) is 31.9. The van der Waals surface area contributed by atoms with Gasteiger partial charge in [-0.2, -0.15) is 0 Å². The van der Waals surface area contributed by atoms with Gasteiger partial charge in [-0.3, -0.25) is 0 Å². The van der Waals surface area contributed by atoms with Gasteiger partial charge in [-0.1, -0.05) is 170 Å². The van der Waals surface area contributed by atoms with Crippen LogP contribution in [0.3, 0.4) is 0 Å². The lowest BCUT2D eigenvalue weighted by molar-refractivity contribution is 0.332. The number of nitrogens with zero attached hydrogens (tertiary/aromatic N) is 2. The molecule has 3 heteroatoms. The van der Waals surface area contributed by atoms with Crippen LogP contribution in [0.1, 0.15) is 160 Å². The molecule has 0 spiro atoms. The van der Waals surface area contributed by atoms with Crippen molar-refractivity contribution in [1.29, 1.82) is 0 Å². The summed E-state index contributed by atoms with van der Waals surface area (Å²) in [6.45, 7) is 36.6. The first kappa shape index (κ1) is 42.3. The molecule has 0 fully saturated rings. The second kappa shape index (κ2) is 12.9. The summed E-state index contributed by atoms with van der Waals surface area (Å²) >= 11 is 0. The van der Waals surface area contributed by atoms with E-state index in [0.29, 0.717) is 0 Å². The molecule has 2 aliphatic heterocycles. The number of aryl methyl sites for hydroxylation is 1. The summed E-state index contributed by atoms with van der Waals surface area (Å²) in [7, 11) is 0. The predicted octanol–water partition coefficient (Wildman–Crippen LogP) is 15.9. The van der Waals surface area contributed by atoms with Crippen LogP contribution in [0, 0.1) is 6.92 Å². The minimum absolute atomic E-state index is 0.00935. The number of aromatic nitrogens is 1. The average molecular weight is 887 g/mol. The van der Waals surface area contributed by atoms with Crippen molar-refractivity contribution in [2.75, 3.05) is 4.81 Å². The highest BCUT2D eigenvalue weighted by Gasteiger charge is 2.52. The van der Waals surface area contributed by atoms with E-state index in [1.807, 2.05) is 0 Å². The third kappa shape index (κ3) is 5.21. The molecule has 0 amide bonds. The van der Waals surface area contributed by atoms with Gasteiger partial charge in [0.2, 0.25) is 0 Å². The van der Waals surface area contributed by atoms with Crippen molar-refractivity contribution in [3.05, 3.63) is 159 Å². The minimum atomic E-state index is -0.237. The molecule has 340 valence electrons. The molecule has 5 aliphatic rings. The number of benzene rings is 7. The number of hydrogen-bond acceptors (Lipinski definition) is 1. The normalized spacial score (nSPS) is 18.2. The fraction of sp³-hybridized carbons (Fsp3) is 0.354. The molecule has 0 saturated carbocycles. The maximum Gasteiger partial charge on any atom is 0.333 e. The molecule has 7 aromatic carbocycles. The Labute approximate surface area is 405 Å². The largest absolute Gasteiger partial charge is 0.376 e. The van der Waals surface area contributed by atoms with Crippen molar-refractivity contribution < 1.29 is 0 Å². The maximum atomic E-state index is 2.87. The van der Waals surface area contributed by atoms with Crippen LogP contribution in [0.5, 0.6) is 0 Å². The van der Waals surface area contributed by atoms with E-state index in [9.17, 15) is 0 Å². The average Bonchev–Trinajstić information content (AvgIpc) is 3.83. The molecule has 8 aromatic rings. The second-order valence-corrected chi connectivity index (χ2v) is 26.1. The van der Waals surface area contributed by atoms with Crippen LogP contribution in [0.25, 0.3) is 60.9 Å². The van der Waals surface area contributed by atoms with E-state index in [1.54, 1.807) is 0 Å². The van der Waals surface area contributed by atoms with Gasteiger partial charge >= 0.3 is 6.85 Å². The molecule has 2 nitrogen and oxygen atoms in total. The second-order valence-electron chi connectivity index (χ2n) is 26.1. The number of fused-ring (bicyclic) bond motifs is 16. The van der Waals surface area contributed by atoms with Gasteiger partial charge in [0, 0.05) is 44.2 Å². The summed E-state index contributed by atoms with van der Waals surface area (Å²) in [6.07, 6.45) is 2.37. The summed E-state index contributed by atoms with van der Waals surface area (Å²) in [5, 5.41) is 2.71. The van der Waals surface area contributed by atoms with Crippen molar-refractivity contribution >= 4 is 51.0 Å². The van der Waals surface area contributed by atoms with Crippen LogP contribution in [0.2, 0.25) is 0 Å². The van der Waals surface area contributed by atoms with E-state index in [4.69, 9.17) is 0 Å². The van der Waals surface area contributed by atoms with Gasteiger partial charge in [-0.25, -0.2) is 0 Å². The van der Waals surface area contributed by atoms with E-state index in [0.717, 1.165) is 0 Å². The molecule has 0 bridgehead atoms. The van der Waals surface area contributed by atoms with E-state index < -0.39 is 0 Å². The third-order valence-electron chi connectivity index (χ3n) is 18.2. The lowest BCUT2D eigenvalue weighted by Gasteiger charge is -2.47. The first-order valence-corrected chi connectivity index (χ1v) is 25.6. The molecule has 0 unspecified atom stereocenters. The quantitative estimate of drug-likeness (QED) is 0.149. The summed E-state index contributed by atoms with van der Waals surface area (Å²) in [5.41, 5.74) is 30.4. The zero-order chi connectivity index (χ0) is 47.7. The van der Waals surface area contributed by atoms with Crippen molar-refractivity contribution in [3.8, 4) is 39.1 Å². The third-order valence-corrected chi connectivity index (χ3v) is 18.2. The monoisotopic (exact) mass is 887 g/mol. The molecule has 0 saturated heterocycles. The van der Waals surface area contributed by atoms with Crippen molar-refractivity contribution in [1.82, 2.24) is 4.57 Å². The highest BCUT2D eigenvalue weighted by Crippen LogP contribution is 2.62. The van der Waals surface area contributed by atoms with Gasteiger partial charge in [-0.15, -0.1) is 0 Å². The molecule has 0 radical (unpaired) electrons. The Kier molecular flexibility index (Phi) is 8.02. The van der Waals surface area contributed by atoms with E-state index in [2.05, 4.69) is 222 Å². The van der Waals surface area contributed by atoms with Crippen LogP contribution in [-0.4, -0.2) is 11.4 Å². The molecule has 3 aliphatic carbocycles. The Hall–Kier alpha value is -5.80. The Morgan fingerprint density at radius 2 is 1.06 bits per heavy atom. The lowest BCUT2D eigenvalue weighted by atomic mass is 9.42. The van der Waals surface area contributed by atoms with Crippen LogP contribution < -0.4 is 15.7 Å². The maximum absolute atomic E-state index is 2.87. The number of rotatable bonds is 1. The predicted molar refractivity (Wildman–Crippen MR) is 292 cm³/mol. The molecular formula is C65H67BN2. The summed E-state index contributed by atoms with van der Waals surface area (Å²) in [5.74, 6) is 0. The zero-order valence-corrected chi connectivity index (χ0v) is 43.3. The Morgan fingerprint density at radius 1 is 0.485 bits per heavy atom. The van der Waals surface area contributed by atoms with Crippen molar-refractivity contribution in [2.45, 2.75) is 149 Å². The topological polar surface area (TPSA) is 8.17 Å². The van der Waals surface area contributed by atoms with Gasteiger partial charge in [0.15, 0.2) is 0 Å². The standard InChI is InChI=1S/C65H67BN2/c1-36-30-47-48(63(10,11)29-28-62(47,8)9)35-52(36)68-51-27-25-41-39-20-16-18-22-45(39)64(12,13)56(41)54(51)55-57-43(40-21-17-19-23-46(40)65(57,14)15)34-53-58(55)66(68)49-33-38(61(5,6)7)32-44-42-31-37(60(2,3)4)24-26-50(42)67(53)59(44)49/h16-27,30-35H,28-29H2,1-15H3. The molecular weight excluding hydrogens is 820 g/mol. The summed E-state index contributed by atoms with van der Waals surface area (Å²) in [4.78, 5) is 2.87. The highest BCUT2D eigenvalue weighted by atomic mass is 15.1. The van der Waals surface area contributed by atoms with E-state index in [1.165, 1.54) is 146 Å².